The number of anilines is 1. The van der Waals surface area contributed by atoms with Crippen molar-refractivity contribution >= 4 is 17.6 Å². The number of nitrogens with zero attached hydrogens (tertiary/aromatic N) is 2. The molecule has 138 valence electrons. The molecule has 0 spiro atoms. The Kier molecular flexibility index (Phi) is 7.66. The van der Waals surface area contributed by atoms with Gasteiger partial charge in [0.2, 0.25) is 5.91 Å². The van der Waals surface area contributed by atoms with E-state index in [-0.39, 0.29) is 18.3 Å². The molecule has 7 heteroatoms. The van der Waals surface area contributed by atoms with Gasteiger partial charge < -0.3 is 20.3 Å². The number of halogens is 1. The van der Waals surface area contributed by atoms with Crippen LogP contribution in [0, 0.1) is 11.7 Å². The number of rotatable bonds is 9. The van der Waals surface area contributed by atoms with Crippen molar-refractivity contribution in [3.05, 3.63) is 30.1 Å². The summed E-state index contributed by atoms with van der Waals surface area (Å²) in [5, 5.41) is 5.79. The number of nitrogens with one attached hydrogen (secondary N) is 2. The number of guanidine groups is 1. The van der Waals surface area contributed by atoms with Crippen LogP contribution >= 0.6 is 0 Å². The topological polar surface area (TPSA) is 66.0 Å². The van der Waals surface area contributed by atoms with Crippen LogP contribution in [0.25, 0.3) is 0 Å². The zero-order valence-corrected chi connectivity index (χ0v) is 14.9. The molecule has 0 atom stereocenters. The predicted octanol–water partition coefficient (Wildman–Crippen LogP) is 2.09. The molecule has 0 unspecified atom stereocenters. The molecule has 0 aliphatic heterocycles. The molecule has 2 N–H and O–H groups in total. The highest BCUT2D eigenvalue weighted by Gasteiger charge is 2.21. The lowest BCUT2D eigenvalue weighted by molar-refractivity contribution is -0.114. The maximum atomic E-state index is 13.1. The van der Waals surface area contributed by atoms with Crippen molar-refractivity contribution in [2.75, 3.05) is 45.2 Å². The fourth-order valence-electron chi connectivity index (χ4n) is 2.23. The molecule has 0 bridgehead atoms. The number of aliphatic imine (C=N–C) groups is 1. The summed E-state index contributed by atoms with van der Waals surface area (Å²) in [4.78, 5) is 18.3. The summed E-state index contributed by atoms with van der Waals surface area (Å²) in [5.74, 6) is 0.714. The van der Waals surface area contributed by atoms with Crippen LogP contribution in [0.2, 0.25) is 0 Å². The van der Waals surface area contributed by atoms with Gasteiger partial charge >= 0.3 is 0 Å². The van der Waals surface area contributed by atoms with Gasteiger partial charge in [-0.3, -0.25) is 4.79 Å². The number of ether oxygens (including phenoxy) is 1. The van der Waals surface area contributed by atoms with Gasteiger partial charge in [-0.15, -0.1) is 0 Å². The van der Waals surface area contributed by atoms with Crippen molar-refractivity contribution in [3.8, 4) is 0 Å². The summed E-state index contributed by atoms with van der Waals surface area (Å²) < 4.78 is 18.8. The molecule has 1 aromatic carbocycles. The Labute approximate surface area is 148 Å². The summed E-state index contributed by atoms with van der Waals surface area (Å²) in [6, 6.07) is 5.79. The lowest BCUT2D eigenvalue weighted by Gasteiger charge is -2.21. The van der Waals surface area contributed by atoms with Gasteiger partial charge in [-0.25, -0.2) is 9.38 Å². The smallest absolute Gasteiger partial charge is 0.246 e. The minimum Gasteiger partial charge on any atom is -0.379 e. The van der Waals surface area contributed by atoms with Crippen molar-refractivity contribution in [1.82, 2.24) is 10.2 Å². The maximum Gasteiger partial charge on any atom is 0.246 e. The summed E-state index contributed by atoms with van der Waals surface area (Å²) in [6.45, 7) is 4.80. The number of amides is 1. The van der Waals surface area contributed by atoms with E-state index in [1.807, 2.05) is 18.9 Å². The van der Waals surface area contributed by atoms with Gasteiger partial charge in [0.25, 0.3) is 0 Å². The zero-order chi connectivity index (χ0) is 18.1. The molecular formula is C18H27FN4O2. The van der Waals surface area contributed by atoms with Gasteiger partial charge in [0.15, 0.2) is 5.96 Å². The highest BCUT2D eigenvalue weighted by atomic mass is 19.1. The summed E-state index contributed by atoms with van der Waals surface area (Å²) in [7, 11) is 1.91. The Balaban J connectivity index is 1.78. The number of carbonyl (C=O) groups is 1. The van der Waals surface area contributed by atoms with Crippen LogP contribution in [0.4, 0.5) is 10.1 Å². The molecule has 1 aromatic rings. The Bertz CT molecular complexity index is 590. The third-order valence-corrected chi connectivity index (χ3v) is 3.80. The average molecular weight is 350 g/mol. The van der Waals surface area contributed by atoms with E-state index in [9.17, 15) is 9.18 Å². The largest absolute Gasteiger partial charge is 0.379 e. The Hall–Kier alpha value is -2.15. The monoisotopic (exact) mass is 350 g/mol. The third kappa shape index (κ3) is 7.51. The van der Waals surface area contributed by atoms with Crippen LogP contribution in [-0.4, -0.2) is 56.7 Å². The molecule has 2 rings (SSSR count). The van der Waals surface area contributed by atoms with Crippen LogP contribution < -0.4 is 10.6 Å². The molecule has 6 nitrogen and oxygen atoms in total. The van der Waals surface area contributed by atoms with Gasteiger partial charge in [-0.05, 0) is 43.9 Å². The van der Waals surface area contributed by atoms with Gasteiger partial charge in [-0.1, -0.05) is 6.07 Å². The Morgan fingerprint density at radius 3 is 2.92 bits per heavy atom. The molecule has 0 aromatic heterocycles. The highest BCUT2D eigenvalue weighted by molar-refractivity contribution is 5.94. The minimum absolute atomic E-state index is 0.0356. The van der Waals surface area contributed by atoms with Crippen LogP contribution in [0.3, 0.4) is 0 Å². The van der Waals surface area contributed by atoms with E-state index < -0.39 is 0 Å². The lowest BCUT2D eigenvalue weighted by atomic mass is 10.3. The van der Waals surface area contributed by atoms with Crippen molar-refractivity contribution in [2.45, 2.75) is 19.8 Å². The van der Waals surface area contributed by atoms with E-state index in [0.29, 0.717) is 31.3 Å². The first-order chi connectivity index (χ1) is 12.1. The first kappa shape index (κ1) is 19.2. The molecule has 0 saturated heterocycles. The highest BCUT2D eigenvalue weighted by Crippen LogP contribution is 2.28. The number of hydrogen-bond donors (Lipinski definition) is 2. The SMILES string of the molecule is CCNC(=NCC(=O)Nc1cccc(F)c1)N(C)CCOCC1CC1. The predicted molar refractivity (Wildman–Crippen MR) is 97.2 cm³/mol. The molecule has 1 saturated carbocycles. The number of likely N-dealkylation sites (N-methyl/N-ethyl adjacent to an activating group) is 1. The number of benzene rings is 1. The quantitative estimate of drug-likeness (QED) is 0.407. The van der Waals surface area contributed by atoms with Crippen molar-refractivity contribution < 1.29 is 13.9 Å². The summed E-state index contributed by atoms with van der Waals surface area (Å²) in [5.41, 5.74) is 0.423. The average Bonchev–Trinajstić information content (AvgIpc) is 3.39. The first-order valence-corrected chi connectivity index (χ1v) is 8.71. The van der Waals surface area contributed by atoms with E-state index in [1.165, 1.54) is 25.0 Å². The lowest BCUT2D eigenvalue weighted by Crippen LogP contribution is -2.41. The number of carbonyl (C=O) groups excluding carboxylic acids is 1. The Morgan fingerprint density at radius 1 is 1.44 bits per heavy atom. The van der Waals surface area contributed by atoms with Crippen LogP contribution in [0.5, 0.6) is 0 Å². The minimum atomic E-state index is -0.388. The van der Waals surface area contributed by atoms with Gasteiger partial charge in [-0.2, -0.15) is 0 Å². The molecule has 1 fully saturated rings. The van der Waals surface area contributed by atoms with E-state index in [1.54, 1.807) is 12.1 Å². The van der Waals surface area contributed by atoms with E-state index >= 15 is 0 Å². The summed E-state index contributed by atoms with van der Waals surface area (Å²) in [6.07, 6.45) is 2.56. The molecule has 0 heterocycles. The Morgan fingerprint density at radius 2 is 2.24 bits per heavy atom. The van der Waals surface area contributed by atoms with Crippen LogP contribution in [0.1, 0.15) is 19.8 Å². The second kappa shape index (κ2) is 9.98. The maximum absolute atomic E-state index is 13.1. The molecule has 0 radical (unpaired) electrons. The number of hydrogen-bond acceptors (Lipinski definition) is 3. The van der Waals surface area contributed by atoms with E-state index in [0.717, 1.165) is 12.5 Å². The normalized spacial score (nSPS) is 14.3. The van der Waals surface area contributed by atoms with Crippen LogP contribution in [0.15, 0.2) is 29.3 Å². The van der Waals surface area contributed by atoms with E-state index in [2.05, 4.69) is 15.6 Å². The van der Waals surface area contributed by atoms with Crippen molar-refractivity contribution in [3.63, 3.8) is 0 Å². The fraction of sp³-hybridized carbons (Fsp3) is 0.556. The third-order valence-electron chi connectivity index (χ3n) is 3.80. The first-order valence-electron chi connectivity index (χ1n) is 8.71. The second-order valence-corrected chi connectivity index (χ2v) is 6.17. The molecule has 1 aliphatic carbocycles. The van der Waals surface area contributed by atoms with Gasteiger partial charge in [0.1, 0.15) is 12.4 Å². The molecule has 1 aliphatic rings. The van der Waals surface area contributed by atoms with Gasteiger partial charge in [0.05, 0.1) is 6.61 Å². The molecule has 1 amide bonds. The van der Waals surface area contributed by atoms with Crippen molar-refractivity contribution in [2.24, 2.45) is 10.9 Å². The zero-order valence-electron chi connectivity index (χ0n) is 14.9. The standard InChI is InChI=1S/C18H27FN4O2/c1-3-20-18(23(2)9-10-25-13-14-7-8-14)21-12-17(24)22-16-6-4-5-15(19)11-16/h4-6,11,14H,3,7-10,12-13H2,1-2H3,(H,20,21)(H,22,24). The molecule has 25 heavy (non-hydrogen) atoms. The van der Waals surface area contributed by atoms with Crippen LogP contribution in [-0.2, 0) is 9.53 Å². The van der Waals surface area contributed by atoms with E-state index in [4.69, 9.17) is 4.74 Å². The van der Waals surface area contributed by atoms with Gasteiger partial charge in [0, 0.05) is 32.4 Å². The second-order valence-electron chi connectivity index (χ2n) is 6.17. The summed E-state index contributed by atoms with van der Waals surface area (Å²) >= 11 is 0. The molecular weight excluding hydrogens is 323 g/mol. The van der Waals surface area contributed by atoms with Crippen molar-refractivity contribution in [1.29, 1.82) is 0 Å². The fourth-order valence-corrected chi connectivity index (χ4v) is 2.23.